The van der Waals surface area contributed by atoms with E-state index in [1.165, 1.54) is 6.20 Å². The van der Waals surface area contributed by atoms with E-state index in [-0.39, 0.29) is 24.2 Å². The number of aromatic nitrogens is 2. The van der Waals surface area contributed by atoms with Crippen molar-refractivity contribution in [2.45, 2.75) is 31.5 Å². The number of urea groups is 1. The molecule has 0 saturated carbocycles. The van der Waals surface area contributed by atoms with E-state index in [9.17, 15) is 22.8 Å². The maximum absolute atomic E-state index is 12.7. The molecule has 1 fully saturated rings. The molecule has 0 spiro atoms. The fraction of sp³-hybridized carbons (Fsp3) is 0.538. The van der Waals surface area contributed by atoms with Gasteiger partial charge in [-0.1, -0.05) is 6.92 Å². The molecule has 0 aromatic carbocycles. The Bertz CT molecular complexity index is 926. The Morgan fingerprint density at radius 2 is 2.11 bits per heavy atom. The highest BCUT2D eigenvalue weighted by Gasteiger charge is 2.62. The van der Waals surface area contributed by atoms with Crippen molar-refractivity contribution in [1.82, 2.24) is 19.7 Å². The zero-order valence-corrected chi connectivity index (χ0v) is 15.0. The van der Waals surface area contributed by atoms with Crippen molar-refractivity contribution in [3.8, 4) is 0 Å². The Balaban J connectivity index is 2.20. The number of fused-ring (bicyclic) bond motifs is 4. The van der Waals surface area contributed by atoms with E-state index in [2.05, 4.69) is 9.38 Å². The lowest BCUT2D eigenvalue weighted by atomic mass is 9.83. The highest BCUT2D eigenvalue weighted by atomic mass is 32.3. The highest BCUT2D eigenvalue weighted by Crippen LogP contribution is 2.49. The molecule has 2 bridgehead atoms. The van der Waals surface area contributed by atoms with Gasteiger partial charge in [0.2, 0.25) is 0 Å². The number of methoxy groups -OCH3 is 1. The van der Waals surface area contributed by atoms with E-state index in [1.54, 1.807) is 6.92 Å². The quantitative estimate of drug-likeness (QED) is 0.455. The van der Waals surface area contributed by atoms with E-state index in [4.69, 9.17) is 14.4 Å². The molecule has 2 atom stereocenters. The average molecular weight is 404 g/mol. The van der Waals surface area contributed by atoms with Crippen molar-refractivity contribution in [1.29, 1.82) is 0 Å². The largest absolute Gasteiger partial charge is 0.480 e. The van der Waals surface area contributed by atoms with Gasteiger partial charge in [-0.25, -0.2) is 9.59 Å². The molecule has 0 aliphatic carbocycles. The predicted molar refractivity (Wildman–Crippen MR) is 83.2 cm³/mol. The van der Waals surface area contributed by atoms with Crippen LogP contribution in [0.2, 0.25) is 0 Å². The fourth-order valence-corrected chi connectivity index (χ4v) is 3.91. The Morgan fingerprint density at radius 3 is 2.63 bits per heavy atom. The number of carbonyl (C=O) groups is 3. The van der Waals surface area contributed by atoms with E-state index in [0.717, 1.165) is 16.7 Å². The van der Waals surface area contributed by atoms with Crippen LogP contribution in [0.1, 0.15) is 30.6 Å². The molecule has 2 N–H and O–H groups in total. The number of carboxylic acids is 1. The van der Waals surface area contributed by atoms with Crippen molar-refractivity contribution in [3.05, 3.63) is 17.5 Å². The van der Waals surface area contributed by atoms with Gasteiger partial charge in [0.15, 0.2) is 5.54 Å². The van der Waals surface area contributed by atoms with E-state index in [1.807, 2.05) is 0 Å². The lowest BCUT2D eigenvalue weighted by Crippen LogP contribution is -2.55. The number of ether oxygens (including phenoxy) is 1. The minimum atomic E-state index is -5.02. The first-order valence-electron chi connectivity index (χ1n) is 7.71. The van der Waals surface area contributed by atoms with Crippen molar-refractivity contribution in [2.75, 3.05) is 13.7 Å². The van der Waals surface area contributed by atoms with Crippen molar-refractivity contribution in [3.63, 3.8) is 0 Å². The van der Waals surface area contributed by atoms with Crippen LogP contribution in [-0.2, 0) is 41.1 Å². The van der Waals surface area contributed by atoms with E-state index in [0.29, 0.717) is 5.06 Å². The maximum Gasteiger partial charge on any atom is 0.418 e. The molecule has 14 heteroatoms. The first-order valence-corrected chi connectivity index (χ1v) is 9.07. The summed E-state index contributed by atoms with van der Waals surface area (Å²) in [6, 6.07) is -2.01. The van der Waals surface area contributed by atoms with Crippen molar-refractivity contribution >= 4 is 28.4 Å². The second-order valence-electron chi connectivity index (χ2n) is 5.97. The maximum atomic E-state index is 12.7. The number of hydroxylamine groups is 2. The Kier molecular flexibility index (Phi) is 4.36. The van der Waals surface area contributed by atoms with Gasteiger partial charge in [0.05, 0.1) is 13.7 Å². The van der Waals surface area contributed by atoms with Crippen LogP contribution >= 0.6 is 0 Å². The monoisotopic (exact) mass is 404 g/mol. The van der Waals surface area contributed by atoms with Gasteiger partial charge in [0.1, 0.15) is 18.3 Å². The number of aliphatic carboxylic acids is 1. The molecule has 3 heterocycles. The zero-order chi connectivity index (χ0) is 20.1. The molecule has 1 unspecified atom stereocenters. The van der Waals surface area contributed by atoms with Crippen LogP contribution in [0.15, 0.2) is 6.20 Å². The molecule has 2 aliphatic rings. The van der Waals surface area contributed by atoms with Crippen LogP contribution in [0.3, 0.4) is 0 Å². The number of carboxylic acid groups (broad SMARTS) is 1. The summed E-state index contributed by atoms with van der Waals surface area (Å²) in [7, 11) is -3.90. The normalized spacial score (nSPS) is 24.1. The molecule has 2 aliphatic heterocycles. The topological polar surface area (TPSA) is 169 Å². The van der Waals surface area contributed by atoms with Gasteiger partial charge in [0, 0.05) is 11.8 Å². The van der Waals surface area contributed by atoms with Crippen LogP contribution in [0.25, 0.3) is 0 Å². The Morgan fingerprint density at radius 1 is 1.44 bits per heavy atom. The second kappa shape index (κ2) is 6.17. The minimum Gasteiger partial charge on any atom is -0.480 e. The first-order chi connectivity index (χ1) is 12.5. The molecular weight excluding hydrogens is 388 g/mol. The summed E-state index contributed by atoms with van der Waals surface area (Å²) >= 11 is 0. The molecule has 3 rings (SSSR count). The van der Waals surface area contributed by atoms with E-state index < -0.39 is 46.5 Å². The number of amides is 2. The van der Waals surface area contributed by atoms with Crippen LogP contribution in [-0.4, -0.2) is 69.4 Å². The summed E-state index contributed by atoms with van der Waals surface area (Å²) in [5.41, 5.74) is -1.42. The van der Waals surface area contributed by atoms with Gasteiger partial charge >= 0.3 is 28.4 Å². The number of esters is 1. The minimum absolute atomic E-state index is 0.0228. The molecule has 0 radical (unpaired) electrons. The van der Waals surface area contributed by atoms with Crippen molar-refractivity contribution < 1.29 is 41.5 Å². The molecule has 1 saturated heterocycles. The van der Waals surface area contributed by atoms with Crippen LogP contribution in [0.4, 0.5) is 4.79 Å². The number of hydrogen-bond donors (Lipinski definition) is 2. The summed E-state index contributed by atoms with van der Waals surface area (Å²) in [6.07, 6.45) is 1.31. The number of carbonyl (C=O) groups excluding carboxylic acids is 2. The van der Waals surface area contributed by atoms with Gasteiger partial charge < -0.3 is 9.84 Å². The zero-order valence-electron chi connectivity index (χ0n) is 14.2. The van der Waals surface area contributed by atoms with Crippen LogP contribution in [0.5, 0.6) is 0 Å². The molecule has 1 aromatic heterocycles. The molecule has 13 nitrogen and oxygen atoms in total. The molecule has 27 heavy (non-hydrogen) atoms. The van der Waals surface area contributed by atoms with Crippen LogP contribution < -0.4 is 0 Å². The number of hydrogen-bond acceptors (Lipinski definition) is 8. The standard InChI is InChI=1S/C13H16N4O9S/c1-3-13(11(20)25-2)10-7(4-15(14-10)6-9(18)19)8-5-16(13)12(21)17(8)26-27(22,23)24/h4,8H,3,5-6H2,1-2H3,(H,18,19)(H,22,23,24)/t8-,13?/m1/s1. The van der Waals surface area contributed by atoms with E-state index >= 15 is 0 Å². The predicted octanol–water partition coefficient (Wildman–Crippen LogP) is -0.727. The Labute approximate surface area is 152 Å². The second-order valence-corrected chi connectivity index (χ2v) is 6.97. The van der Waals surface area contributed by atoms with Gasteiger partial charge in [-0.2, -0.15) is 18.6 Å². The summed E-state index contributed by atoms with van der Waals surface area (Å²) in [5, 5.41) is 13.5. The van der Waals surface area contributed by atoms with Gasteiger partial charge in [-0.15, -0.1) is 4.28 Å². The Hall–Kier alpha value is -2.71. The molecular formula is C13H16N4O9S. The van der Waals surface area contributed by atoms with Gasteiger partial charge in [-0.3, -0.25) is 18.9 Å². The lowest BCUT2D eigenvalue weighted by Gasteiger charge is -2.39. The smallest absolute Gasteiger partial charge is 0.418 e. The summed E-state index contributed by atoms with van der Waals surface area (Å²) in [5.74, 6) is -2.02. The molecule has 148 valence electrons. The van der Waals surface area contributed by atoms with Gasteiger partial charge in [-0.05, 0) is 6.42 Å². The number of rotatable bonds is 6. The molecule has 2 amide bonds. The third-order valence-corrected chi connectivity index (χ3v) is 4.92. The summed E-state index contributed by atoms with van der Waals surface area (Å²) < 4.78 is 41.5. The third kappa shape index (κ3) is 2.81. The summed E-state index contributed by atoms with van der Waals surface area (Å²) in [6.45, 7) is 0.924. The third-order valence-electron chi connectivity index (χ3n) is 4.57. The van der Waals surface area contributed by atoms with Crippen LogP contribution in [0, 0.1) is 0 Å². The fourth-order valence-electron chi connectivity index (χ4n) is 3.53. The molecule has 1 aromatic rings. The first kappa shape index (κ1) is 19.1. The SMILES string of the molecule is CCC1(C(=O)OC)c2nn(CC(=O)O)cc2[C@H]2CN1C(=O)N2OS(=O)(=O)O. The lowest BCUT2D eigenvalue weighted by molar-refractivity contribution is -0.155. The summed E-state index contributed by atoms with van der Waals surface area (Å²) in [4.78, 5) is 37.4. The highest BCUT2D eigenvalue weighted by molar-refractivity contribution is 7.80. The number of nitrogens with zero attached hydrogens (tertiary/aromatic N) is 4. The van der Waals surface area contributed by atoms with Gasteiger partial charge in [0.25, 0.3) is 0 Å². The van der Waals surface area contributed by atoms with Crippen molar-refractivity contribution in [2.24, 2.45) is 0 Å². The average Bonchev–Trinajstić information content (AvgIpc) is 3.10.